The molecule has 2 aromatic heterocycles. The molecule has 0 radical (unpaired) electrons. The molecule has 0 bridgehead atoms. The van der Waals surface area contributed by atoms with Crippen LogP contribution in [0.25, 0.3) is 0 Å². The van der Waals surface area contributed by atoms with Gasteiger partial charge in [-0.05, 0) is 32.8 Å². The van der Waals surface area contributed by atoms with Crippen molar-refractivity contribution in [2.24, 2.45) is 0 Å². The maximum Gasteiger partial charge on any atom is 0.339 e. The normalized spacial score (nSPS) is 16.6. The molecule has 1 aliphatic rings. The predicted octanol–water partition coefficient (Wildman–Crippen LogP) is 1.96. The Kier molecular flexibility index (Phi) is 5.37. The van der Waals surface area contributed by atoms with E-state index in [9.17, 15) is 14.8 Å². The average Bonchev–Trinajstić information content (AvgIpc) is 3.24. The van der Waals surface area contributed by atoms with E-state index in [0.29, 0.717) is 10.3 Å². The van der Waals surface area contributed by atoms with Crippen LogP contribution in [0, 0.1) is 19.1 Å². The van der Waals surface area contributed by atoms with Crippen LogP contribution in [0.4, 0.5) is 0 Å². The number of hydrogen-bond acceptors (Lipinski definition) is 5. The summed E-state index contributed by atoms with van der Waals surface area (Å²) >= 11 is 0. The van der Waals surface area contributed by atoms with E-state index in [2.05, 4.69) is 4.57 Å². The second kappa shape index (κ2) is 7.70. The monoisotopic (exact) mass is 358 g/mol. The zero-order valence-corrected chi connectivity index (χ0v) is 14.9. The second-order valence-corrected chi connectivity index (χ2v) is 6.48. The van der Waals surface area contributed by atoms with Crippen LogP contribution < -0.4 is 4.73 Å². The van der Waals surface area contributed by atoms with Gasteiger partial charge in [-0.2, -0.15) is 4.73 Å². The number of Topliss-reactive ketones (excluding diaryl/α,β-unsaturated/α-hetero) is 1. The molecule has 3 rings (SSSR count). The van der Waals surface area contributed by atoms with Gasteiger partial charge < -0.3 is 19.2 Å². The fraction of sp³-hybridized carbons (Fsp3) is 0.421. The smallest absolute Gasteiger partial charge is 0.339 e. The summed E-state index contributed by atoms with van der Waals surface area (Å²) in [5.41, 5.74) is 2.62. The summed E-state index contributed by atoms with van der Waals surface area (Å²) in [5, 5.41) is 11.0. The number of carbonyl (C=O) groups is 2. The zero-order chi connectivity index (χ0) is 18.7. The number of hydrogen-bond donors (Lipinski definition) is 0. The Morgan fingerprint density at radius 2 is 2.08 bits per heavy atom. The van der Waals surface area contributed by atoms with Crippen LogP contribution in [-0.2, 0) is 16.0 Å². The number of carbonyl (C=O) groups excluding carboxylic acids is 2. The van der Waals surface area contributed by atoms with Gasteiger partial charge in [0.2, 0.25) is 5.78 Å². The highest BCUT2D eigenvalue weighted by Crippen LogP contribution is 2.20. The van der Waals surface area contributed by atoms with Gasteiger partial charge in [0.25, 0.3) is 0 Å². The molecule has 0 unspecified atom stereocenters. The maximum absolute atomic E-state index is 12.5. The van der Waals surface area contributed by atoms with Crippen molar-refractivity contribution in [1.82, 2.24) is 4.57 Å². The largest absolute Gasteiger partial charge is 0.619 e. The molecule has 3 heterocycles. The van der Waals surface area contributed by atoms with Crippen LogP contribution >= 0.6 is 0 Å². The molecule has 0 aromatic carbocycles. The fourth-order valence-corrected chi connectivity index (χ4v) is 3.20. The Morgan fingerprint density at radius 3 is 2.73 bits per heavy atom. The van der Waals surface area contributed by atoms with Crippen molar-refractivity contribution in [1.29, 1.82) is 0 Å². The molecule has 1 aliphatic heterocycles. The van der Waals surface area contributed by atoms with Gasteiger partial charge in [0.05, 0.1) is 11.7 Å². The minimum Gasteiger partial charge on any atom is -0.619 e. The fourth-order valence-electron chi connectivity index (χ4n) is 3.20. The van der Waals surface area contributed by atoms with E-state index < -0.39 is 5.97 Å². The number of esters is 1. The molecule has 0 N–H and O–H groups in total. The summed E-state index contributed by atoms with van der Waals surface area (Å²) in [5.74, 6) is -0.882. The summed E-state index contributed by atoms with van der Waals surface area (Å²) in [6.45, 7) is 5.02. The molecule has 0 spiro atoms. The average molecular weight is 358 g/mol. The molecular weight excluding hydrogens is 336 g/mol. The van der Waals surface area contributed by atoms with E-state index >= 15 is 0 Å². The maximum atomic E-state index is 12.5. The molecule has 138 valence electrons. The summed E-state index contributed by atoms with van der Waals surface area (Å²) in [7, 11) is 0. The summed E-state index contributed by atoms with van der Waals surface area (Å²) in [4.78, 5) is 24.5. The van der Waals surface area contributed by atoms with E-state index in [4.69, 9.17) is 9.47 Å². The van der Waals surface area contributed by atoms with Crippen molar-refractivity contribution >= 4 is 11.8 Å². The van der Waals surface area contributed by atoms with Gasteiger partial charge in [0, 0.05) is 42.2 Å². The topological polar surface area (TPSA) is 84.5 Å². The summed E-state index contributed by atoms with van der Waals surface area (Å²) in [6.07, 6.45) is 4.69. The molecule has 1 fully saturated rings. The van der Waals surface area contributed by atoms with Gasteiger partial charge in [-0.25, -0.2) is 4.79 Å². The third-order valence-electron chi connectivity index (χ3n) is 4.66. The van der Waals surface area contributed by atoms with Crippen molar-refractivity contribution < 1.29 is 23.8 Å². The highest BCUT2D eigenvalue weighted by molar-refractivity contribution is 6.00. The van der Waals surface area contributed by atoms with Gasteiger partial charge in [-0.1, -0.05) is 0 Å². The molecular formula is C19H22N2O5. The lowest BCUT2D eigenvalue weighted by Gasteiger charge is -2.14. The first kappa shape index (κ1) is 18.1. The number of aryl methyl sites for hydroxylation is 1. The molecule has 26 heavy (non-hydrogen) atoms. The van der Waals surface area contributed by atoms with Crippen LogP contribution in [0.15, 0.2) is 30.6 Å². The molecule has 7 heteroatoms. The van der Waals surface area contributed by atoms with Gasteiger partial charge >= 0.3 is 5.97 Å². The van der Waals surface area contributed by atoms with Crippen molar-refractivity contribution in [3.8, 4) is 0 Å². The quantitative estimate of drug-likeness (QED) is 0.341. The first-order chi connectivity index (χ1) is 12.5. The third kappa shape index (κ3) is 3.94. The minimum atomic E-state index is -0.632. The van der Waals surface area contributed by atoms with Crippen LogP contribution in [0.5, 0.6) is 0 Å². The number of aromatic nitrogens is 2. The standard InChI is InChI=1S/C19H22N2O5/c1-13-10-17(14(2)21(13)11-16-4-3-9-25-16)18(22)12-26-19(23)15-5-7-20(24)8-6-15/h5-8,10,16H,3-4,9,11-12H2,1-2H3/t16-/m1/s1. The van der Waals surface area contributed by atoms with Crippen LogP contribution in [0.3, 0.4) is 0 Å². The SMILES string of the molecule is Cc1cc(C(=O)COC(=O)c2cc[n+]([O-])cc2)c(C)n1C[C@H]1CCCO1. The Balaban J connectivity index is 1.64. The lowest BCUT2D eigenvalue weighted by Crippen LogP contribution is -2.24. The van der Waals surface area contributed by atoms with Crippen molar-refractivity contribution in [2.75, 3.05) is 13.2 Å². The van der Waals surface area contributed by atoms with Crippen LogP contribution in [0.1, 0.15) is 44.9 Å². The number of ether oxygens (including phenoxy) is 2. The van der Waals surface area contributed by atoms with Gasteiger partial charge in [-0.3, -0.25) is 4.79 Å². The summed E-state index contributed by atoms with van der Waals surface area (Å²) in [6, 6.07) is 4.53. The Labute approximate surface area is 151 Å². The number of ketones is 1. The number of pyridine rings is 1. The number of nitrogens with zero attached hydrogens (tertiary/aromatic N) is 2. The molecule has 0 saturated carbocycles. The molecule has 1 atom stereocenters. The van der Waals surface area contributed by atoms with E-state index in [1.807, 2.05) is 19.9 Å². The number of rotatable bonds is 6. The lowest BCUT2D eigenvalue weighted by atomic mass is 10.1. The molecule has 2 aromatic rings. The van der Waals surface area contributed by atoms with E-state index in [1.54, 1.807) is 0 Å². The van der Waals surface area contributed by atoms with Crippen molar-refractivity contribution in [3.63, 3.8) is 0 Å². The van der Waals surface area contributed by atoms with Crippen molar-refractivity contribution in [2.45, 2.75) is 39.3 Å². The van der Waals surface area contributed by atoms with Crippen LogP contribution in [0.2, 0.25) is 0 Å². The predicted molar refractivity (Wildman–Crippen MR) is 92.9 cm³/mol. The van der Waals surface area contributed by atoms with Gasteiger partial charge in [-0.15, -0.1) is 0 Å². The summed E-state index contributed by atoms with van der Waals surface area (Å²) < 4.78 is 13.4. The first-order valence-corrected chi connectivity index (χ1v) is 8.63. The Hall–Kier alpha value is -2.67. The first-order valence-electron chi connectivity index (χ1n) is 8.63. The van der Waals surface area contributed by atoms with E-state index in [1.165, 1.54) is 24.5 Å². The molecule has 1 saturated heterocycles. The highest BCUT2D eigenvalue weighted by Gasteiger charge is 2.22. The van der Waals surface area contributed by atoms with Crippen molar-refractivity contribution in [3.05, 3.63) is 58.3 Å². The minimum absolute atomic E-state index is 0.183. The van der Waals surface area contributed by atoms with Gasteiger partial charge in [0.15, 0.2) is 19.0 Å². The van der Waals surface area contributed by atoms with E-state index in [-0.39, 0.29) is 24.1 Å². The van der Waals surface area contributed by atoms with E-state index in [0.717, 1.165) is 37.4 Å². The Morgan fingerprint density at radius 1 is 1.35 bits per heavy atom. The van der Waals surface area contributed by atoms with Crippen LogP contribution in [-0.4, -0.2) is 35.6 Å². The highest BCUT2D eigenvalue weighted by atomic mass is 16.5. The molecule has 0 amide bonds. The zero-order valence-electron chi connectivity index (χ0n) is 14.9. The van der Waals surface area contributed by atoms with Gasteiger partial charge in [0.1, 0.15) is 0 Å². The lowest BCUT2D eigenvalue weighted by molar-refractivity contribution is -0.605. The third-order valence-corrected chi connectivity index (χ3v) is 4.66. The second-order valence-electron chi connectivity index (χ2n) is 6.48. The Bertz CT molecular complexity index is 804. The molecule has 0 aliphatic carbocycles. The molecule has 7 nitrogen and oxygen atoms in total.